The molecule has 1 rings (SSSR count). The van der Waals surface area contributed by atoms with Gasteiger partial charge in [0.15, 0.2) is 5.78 Å². The van der Waals surface area contributed by atoms with Gasteiger partial charge in [0.1, 0.15) is 0 Å². The standard InChI is InChI=1S/C10H13NO/c1-3-4-7-11-8-5-6-10(11)9(2)12/h3-6,8H,7H2,1-2H3/b4-3+. The molecule has 0 fully saturated rings. The van der Waals surface area contributed by atoms with Crippen LogP contribution in [0.3, 0.4) is 0 Å². The molecule has 0 aliphatic carbocycles. The molecule has 2 heteroatoms. The molecule has 0 spiro atoms. The van der Waals surface area contributed by atoms with Gasteiger partial charge in [-0.3, -0.25) is 4.79 Å². The number of nitrogens with zero attached hydrogens (tertiary/aromatic N) is 1. The van der Waals surface area contributed by atoms with E-state index >= 15 is 0 Å². The highest BCUT2D eigenvalue weighted by Crippen LogP contribution is 2.03. The summed E-state index contributed by atoms with van der Waals surface area (Å²) in [5, 5.41) is 0. The van der Waals surface area contributed by atoms with Gasteiger partial charge in [0.05, 0.1) is 5.69 Å². The van der Waals surface area contributed by atoms with Crippen molar-refractivity contribution < 1.29 is 4.79 Å². The van der Waals surface area contributed by atoms with Gasteiger partial charge in [-0.25, -0.2) is 0 Å². The Balaban J connectivity index is 2.84. The minimum absolute atomic E-state index is 0.115. The zero-order valence-corrected chi connectivity index (χ0v) is 7.45. The molecule has 0 aromatic carbocycles. The van der Waals surface area contributed by atoms with E-state index in [-0.39, 0.29) is 5.78 Å². The summed E-state index contributed by atoms with van der Waals surface area (Å²) >= 11 is 0. The quantitative estimate of drug-likeness (QED) is 0.495. The fourth-order valence-corrected chi connectivity index (χ4v) is 1.11. The van der Waals surface area contributed by atoms with E-state index in [1.807, 2.05) is 42.0 Å². The van der Waals surface area contributed by atoms with Crippen molar-refractivity contribution in [2.24, 2.45) is 0 Å². The van der Waals surface area contributed by atoms with Crippen molar-refractivity contribution in [1.82, 2.24) is 4.57 Å². The zero-order valence-electron chi connectivity index (χ0n) is 7.45. The van der Waals surface area contributed by atoms with Crippen molar-refractivity contribution in [3.05, 3.63) is 36.2 Å². The lowest BCUT2D eigenvalue weighted by atomic mass is 10.3. The van der Waals surface area contributed by atoms with E-state index in [0.717, 1.165) is 12.2 Å². The Hall–Kier alpha value is -1.31. The van der Waals surface area contributed by atoms with Crippen LogP contribution in [0.4, 0.5) is 0 Å². The summed E-state index contributed by atoms with van der Waals surface area (Å²) in [6, 6.07) is 3.73. The molecule has 0 aliphatic rings. The zero-order chi connectivity index (χ0) is 8.97. The van der Waals surface area contributed by atoms with Gasteiger partial charge in [0.2, 0.25) is 0 Å². The third-order valence-electron chi connectivity index (χ3n) is 1.73. The second-order valence-electron chi connectivity index (χ2n) is 2.67. The Kier molecular flexibility index (Phi) is 2.86. The summed E-state index contributed by atoms with van der Waals surface area (Å²) in [5.41, 5.74) is 0.771. The number of aromatic nitrogens is 1. The van der Waals surface area contributed by atoms with Crippen molar-refractivity contribution in [2.75, 3.05) is 0 Å². The molecule has 0 N–H and O–H groups in total. The molecule has 2 nitrogen and oxygen atoms in total. The minimum atomic E-state index is 0.115. The van der Waals surface area contributed by atoms with E-state index in [2.05, 4.69) is 0 Å². The Bertz CT molecular complexity index is 297. The van der Waals surface area contributed by atoms with Crippen molar-refractivity contribution in [2.45, 2.75) is 20.4 Å². The van der Waals surface area contributed by atoms with Gasteiger partial charge in [-0.1, -0.05) is 12.2 Å². The SMILES string of the molecule is C/C=C/Cn1cccc1C(C)=O. The minimum Gasteiger partial charge on any atom is -0.341 e. The smallest absolute Gasteiger partial charge is 0.176 e. The van der Waals surface area contributed by atoms with E-state index in [4.69, 9.17) is 0 Å². The summed E-state index contributed by atoms with van der Waals surface area (Å²) in [7, 11) is 0. The topological polar surface area (TPSA) is 22.0 Å². The lowest BCUT2D eigenvalue weighted by Crippen LogP contribution is -2.03. The molecule has 0 saturated heterocycles. The molecule has 12 heavy (non-hydrogen) atoms. The van der Waals surface area contributed by atoms with Crippen molar-refractivity contribution in [3.8, 4) is 0 Å². The van der Waals surface area contributed by atoms with Crippen molar-refractivity contribution >= 4 is 5.78 Å². The van der Waals surface area contributed by atoms with Crippen LogP contribution in [0.1, 0.15) is 24.3 Å². The molecule has 0 unspecified atom stereocenters. The summed E-state index contributed by atoms with van der Waals surface area (Å²) in [6.45, 7) is 4.33. The van der Waals surface area contributed by atoms with E-state index in [1.165, 1.54) is 0 Å². The number of carbonyl (C=O) groups excluding carboxylic acids is 1. The molecular weight excluding hydrogens is 150 g/mol. The van der Waals surface area contributed by atoms with Crippen LogP contribution in [0.5, 0.6) is 0 Å². The van der Waals surface area contributed by atoms with E-state index in [1.54, 1.807) is 6.92 Å². The molecule has 64 valence electrons. The van der Waals surface area contributed by atoms with Gasteiger partial charge in [-0.2, -0.15) is 0 Å². The summed E-state index contributed by atoms with van der Waals surface area (Å²) in [6.07, 6.45) is 5.91. The molecule has 1 heterocycles. The number of carbonyl (C=O) groups is 1. The predicted molar refractivity (Wildman–Crippen MR) is 49.3 cm³/mol. The average molecular weight is 163 g/mol. The maximum absolute atomic E-state index is 11.0. The molecule has 0 radical (unpaired) electrons. The molecule has 0 amide bonds. The molecular formula is C10H13NO. The predicted octanol–water partition coefficient (Wildman–Crippen LogP) is 2.27. The first-order valence-electron chi connectivity index (χ1n) is 4.03. The van der Waals surface area contributed by atoms with E-state index < -0.39 is 0 Å². The second-order valence-corrected chi connectivity index (χ2v) is 2.67. The Morgan fingerprint density at radius 2 is 2.42 bits per heavy atom. The molecule has 1 aromatic heterocycles. The lowest BCUT2D eigenvalue weighted by molar-refractivity contribution is 0.100. The normalized spacial score (nSPS) is 10.8. The summed E-state index contributed by atoms with van der Waals surface area (Å²) < 4.78 is 1.93. The van der Waals surface area contributed by atoms with Crippen LogP contribution in [-0.2, 0) is 6.54 Å². The van der Waals surface area contributed by atoms with Crippen LogP contribution < -0.4 is 0 Å². The highest BCUT2D eigenvalue weighted by molar-refractivity contribution is 5.92. The fraction of sp³-hybridized carbons (Fsp3) is 0.300. The fourth-order valence-electron chi connectivity index (χ4n) is 1.11. The second kappa shape index (κ2) is 3.90. The van der Waals surface area contributed by atoms with Crippen LogP contribution in [0, 0.1) is 0 Å². The number of hydrogen-bond donors (Lipinski definition) is 0. The third-order valence-corrected chi connectivity index (χ3v) is 1.73. The highest BCUT2D eigenvalue weighted by Gasteiger charge is 2.02. The van der Waals surface area contributed by atoms with Crippen molar-refractivity contribution in [3.63, 3.8) is 0 Å². The van der Waals surface area contributed by atoms with Gasteiger partial charge in [-0.05, 0) is 19.1 Å². The Morgan fingerprint density at radius 1 is 1.67 bits per heavy atom. The molecule has 0 atom stereocenters. The largest absolute Gasteiger partial charge is 0.341 e. The van der Waals surface area contributed by atoms with Crippen LogP contribution >= 0.6 is 0 Å². The Labute approximate surface area is 72.5 Å². The van der Waals surface area contributed by atoms with Gasteiger partial charge in [0.25, 0.3) is 0 Å². The summed E-state index contributed by atoms with van der Waals surface area (Å²) in [5.74, 6) is 0.115. The van der Waals surface area contributed by atoms with E-state index in [0.29, 0.717) is 0 Å². The van der Waals surface area contributed by atoms with Gasteiger partial charge in [-0.15, -0.1) is 0 Å². The summed E-state index contributed by atoms with van der Waals surface area (Å²) in [4.78, 5) is 11.0. The number of Topliss-reactive ketones (excluding diaryl/α,β-unsaturated/α-hetero) is 1. The van der Waals surface area contributed by atoms with Gasteiger partial charge >= 0.3 is 0 Å². The molecule has 1 aromatic rings. The van der Waals surface area contributed by atoms with E-state index in [9.17, 15) is 4.79 Å². The lowest BCUT2D eigenvalue weighted by Gasteiger charge is -2.01. The van der Waals surface area contributed by atoms with Crippen LogP contribution in [0.2, 0.25) is 0 Å². The number of hydrogen-bond acceptors (Lipinski definition) is 1. The molecule has 0 saturated carbocycles. The van der Waals surface area contributed by atoms with Gasteiger partial charge in [0, 0.05) is 19.7 Å². The maximum atomic E-state index is 11.0. The van der Waals surface area contributed by atoms with Crippen LogP contribution in [0.15, 0.2) is 30.5 Å². The van der Waals surface area contributed by atoms with Crippen molar-refractivity contribution in [1.29, 1.82) is 0 Å². The van der Waals surface area contributed by atoms with Crippen LogP contribution in [-0.4, -0.2) is 10.4 Å². The average Bonchev–Trinajstić information content (AvgIpc) is 2.48. The maximum Gasteiger partial charge on any atom is 0.176 e. The monoisotopic (exact) mass is 163 g/mol. The number of ketones is 1. The van der Waals surface area contributed by atoms with Crippen LogP contribution in [0.25, 0.3) is 0 Å². The third kappa shape index (κ3) is 1.84. The number of rotatable bonds is 3. The highest BCUT2D eigenvalue weighted by atomic mass is 16.1. The van der Waals surface area contributed by atoms with Gasteiger partial charge < -0.3 is 4.57 Å². The first-order valence-corrected chi connectivity index (χ1v) is 4.03. The first kappa shape index (κ1) is 8.78. The Morgan fingerprint density at radius 3 is 3.00 bits per heavy atom. The molecule has 0 aliphatic heterocycles. The first-order chi connectivity index (χ1) is 5.75. The molecule has 0 bridgehead atoms. The number of allylic oxidation sites excluding steroid dienone is 2.